The van der Waals surface area contributed by atoms with Crippen molar-refractivity contribution in [3.63, 3.8) is 0 Å². The first-order valence-corrected chi connectivity index (χ1v) is 6.81. The van der Waals surface area contributed by atoms with Crippen molar-refractivity contribution in [3.05, 3.63) is 16.8 Å². The number of likely N-dealkylation sites (N-methyl/N-ethyl adjacent to an activating group) is 1. The number of carbonyl (C=O) groups is 1. The first-order valence-electron chi connectivity index (χ1n) is 6.81. The monoisotopic (exact) mass is 281 g/mol. The van der Waals surface area contributed by atoms with Gasteiger partial charge >= 0.3 is 5.97 Å². The Morgan fingerprint density at radius 1 is 1.35 bits per heavy atom. The lowest BCUT2D eigenvalue weighted by Crippen LogP contribution is -2.35. The Balaban J connectivity index is 3.36. The Hall–Kier alpha value is -1.69. The van der Waals surface area contributed by atoms with E-state index in [-0.39, 0.29) is 11.6 Å². The Morgan fingerprint density at radius 3 is 2.45 bits per heavy atom. The summed E-state index contributed by atoms with van der Waals surface area (Å²) in [6.45, 7) is 6.33. The molecule has 6 heteroatoms. The number of methoxy groups -OCH3 is 1. The molecule has 112 valence electrons. The molecular weight excluding hydrogens is 258 g/mol. The van der Waals surface area contributed by atoms with Gasteiger partial charge in [0.2, 0.25) is 0 Å². The molecule has 1 unspecified atom stereocenters. The summed E-state index contributed by atoms with van der Waals surface area (Å²) < 4.78 is 5.11. The number of anilines is 1. The van der Waals surface area contributed by atoms with E-state index in [1.807, 2.05) is 27.8 Å². The van der Waals surface area contributed by atoms with E-state index in [1.54, 1.807) is 12.0 Å². The van der Waals surface area contributed by atoms with Crippen molar-refractivity contribution in [2.45, 2.75) is 39.7 Å². The molecule has 0 radical (unpaired) electrons. The minimum absolute atomic E-state index is 0.0181. The van der Waals surface area contributed by atoms with Crippen molar-refractivity contribution in [1.82, 2.24) is 10.2 Å². The van der Waals surface area contributed by atoms with Crippen LogP contribution in [-0.2, 0) is 17.6 Å². The third kappa shape index (κ3) is 3.25. The molecule has 1 heterocycles. The Labute approximate surface area is 119 Å². The van der Waals surface area contributed by atoms with Crippen LogP contribution in [0.1, 0.15) is 42.4 Å². The largest absolute Gasteiger partial charge is 0.478 e. The summed E-state index contributed by atoms with van der Waals surface area (Å²) >= 11 is 0. The summed E-state index contributed by atoms with van der Waals surface area (Å²) in [5.74, 6) is -0.561. The van der Waals surface area contributed by atoms with Gasteiger partial charge in [0.05, 0.1) is 18.3 Å². The van der Waals surface area contributed by atoms with Gasteiger partial charge in [-0.05, 0) is 25.3 Å². The van der Waals surface area contributed by atoms with Crippen LogP contribution in [0.3, 0.4) is 0 Å². The second kappa shape index (κ2) is 7.19. The van der Waals surface area contributed by atoms with E-state index in [2.05, 4.69) is 10.2 Å². The van der Waals surface area contributed by atoms with Crippen LogP contribution in [0.5, 0.6) is 0 Å². The van der Waals surface area contributed by atoms with Crippen LogP contribution in [-0.4, -0.2) is 48.1 Å². The van der Waals surface area contributed by atoms with E-state index < -0.39 is 5.97 Å². The Morgan fingerprint density at radius 2 is 2.00 bits per heavy atom. The summed E-state index contributed by atoms with van der Waals surface area (Å²) in [6.07, 6.45) is 1.30. The predicted molar refractivity (Wildman–Crippen MR) is 77.5 cm³/mol. The first-order chi connectivity index (χ1) is 9.47. The van der Waals surface area contributed by atoms with E-state index in [9.17, 15) is 9.90 Å². The molecule has 20 heavy (non-hydrogen) atoms. The molecule has 0 aliphatic rings. The van der Waals surface area contributed by atoms with Crippen LogP contribution < -0.4 is 4.90 Å². The topological polar surface area (TPSA) is 75.5 Å². The number of aromatic carboxylic acids is 1. The quantitative estimate of drug-likeness (QED) is 0.821. The highest BCUT2D eigenvalue weighted by Crippen LogP contribution is 2.24. The van der Waals surface area contributed by atoms with E-state index in [4.69, 9.17) is 4.74 Å². The highest BCUT2D eigenvalue weighted by molar-refractivity contribution is 5.95. The molecule has 0 saturated carbocycles. The lowest BCUT2D eigenvalue weighted by atomic mass is 10.0. The molecule has 0 amide bonds. The number of nitrogens with zero attached hydrogens (tertiary/aromatic N) is 3. The summed E-state index contributed by atoms with van der Waals surface area (Å²) in [4.78, 5) is 13.4. The third-order valence-electron chi connectivity index (χ3n) is 3.44. The number of ether oxygens (including phenoxy) is 1. The highest BCUT2D eigenvalue weighted by Gasteiger charge is 2.24. The van der Waals surface area contributed by atoms with Gasteiger partial charge in [-0.1, -0.05) is 13.8 Å². The maximum absolute atomic E-state index is 11.6. The first kappa shape index (κ1) is 16.4. The number of aromatic nitrogens is 2. The molecule has 1 rings (SSSR count). The van der Waals surface area contributed by atoms with Gasteiger partial charge in [0.1, 0.15) is 5.56 Å². The number of hydrogen-bond acceptors (Lipinski definition) is 5. The normalized spacial score (nSPS) is 12.2. The fraction of sp³-hybridized carbons (Fsp3) is 0.643. The number of carboxylic acid groups (broad SMARTS) is 1. The predicted octanol–water partition coefficient (Wildman–Crippen LogP) is 1.77. The maximum atomic E-state index is 11.6. The van der Waals surface area contributed by atoms with Gasteiger partial charge in [0.25, 0.3) is 0 Å². The Kier molecular flexibility index (Phi) is 5.88. The van der Waals surface area contributed by atoms with Gasteiger partial charge in [-0.3, -0.25) is 0 Å². The van der Waals surface area contributed by atoms with Crippen molar-refractivity contribution in [2.24, 2.45) is 0 Å². The fourth-order valence-corrected chi connectivity index (χ4v) is 2.20. The van der Waals surface area contributed by atoms with Gasteiger partial charge in [0.15, 0.2) is 5.82 Å². The van der Waals surface area contributed by atoms with Gasteiger partial charge in [-0.2, -0.15) is 5.10 Å². The summed E-state index contributed by atoms with van der Waals surface area (Å²) in [5, 5.41) is 17.8. The molecule has 0 aliphatic carbocycles. The molecule has 6 nitrogen and oxygen atoms in total. The molecule has 0 aromatic carbocycles. The molecule has 0 saturated heterocycles. The van der Waals surface area contributed by atoms with Crippen molar-refractivity contribution >= 4 is 11.8 Å². The van der Waals surface area contributed by atoms with Crippen LogP contribution in [0, 0.1) is 0 Å². The molecule has 0 spiro atoms. The summed E-state index contributed by atoms with van der Waals surface area (Å²) in [5.41, 5.74) is 1.77. The molecule has 0 bridgehead atoms. The van der Waals surface area contributed by atoms with E-state index in [0.717, 1.165) is 11.3 Å². The maximum Gasteiger partial charge on any atom is 0.339 e. The SMILES string of the molecule is CCc1nnc(N(C)C(C)COC)c(C(=O)O)c1CC. The van der Waals surface area contributed by atoms with E-state index >= 15 is 0 Å². The van der Waals surface area contributed by atoms with Crippen LogP contribution in [0.4, 0.5) is 5.82 Å². The molecule has 0 aliphatic heterocycles. The number of aryl methyl sites for hydroxylation is 1. The molecule has 0 fully saturated rings. The number of rotatable bonds is 7. The molecule has 1 N–H and O–H groups in total. The van der Waals surface area contributed by atoms with Gasteiger partial charge in [0, 0.05) is 14.2 Å². The van der Waals surface area contributed by atoms with Crippen molar-refractivity contribution < 1.29 is 14.6 Å². The van der Waals surface area contributed by atoms with Crippen LogP contribution >= 0.6 is 0 Å². The second-order valence-corrected chi connectivity index (χ2v) is 4.75. The minimum atomic E-state index is -0.960. The summed E-state index contributed by atoms with van der Waals surface area (Å²) in [6, 6.07) is 0.0181. The van der Waals surface area contributed by atoms with Gasteiger partial charge in [-0.15, -0.1) is 5.10 Å². The lowest BCUT2D eigenvalue weighted by Gasteiger charge is -2.27. The molecular formula is C14H23N3O3. The number of hydrogen-bond donors (Lipinski definition) is 1. The number of carboxylic acids is 1. The standard InChI is InChI=1S/C14H23N3O3/c1-6-10-11(7-2)15-16-13(12(10)14(18)19)17(4)9(3)8-20-5/h9H,6-8H2,1-5H3,(H,18,19). The van der Waals surface area contributed by atoms with Crippen LogP contribution in [0.25, 0.3) is 0 Å². The Bertz CT molecular complexity index is 477. The van der Waals surface area contributed by atoms with Crippen molar-refractivity contribution in [1.29, 1.82) is 0 Å². The third-order valence-corrected chi connectivity index (χ3v) is 3.44. The zero-order chi connectivity index (χ0) is 15.3. The average Bonchev–Trinajstić information content (AvgIpc) is 2.44. The highest BCUT2D eigenvalue weighted by atomic mass is 16.5. The second-order valence-electron chi connectivity index (χ2n) is 4.75. The smallest absolute Gasteiger partial charge is 0.339 e. The summed E-state index contributed by atoms with van der Waals surface area (Å²) in [7, 11) is 3.43. The van der Waals surface area contributed by atoms with Gasteiger partial charge in [-0.25, -0.2) is 4.79 Å². The average molecular weight is 281 g/mol. The zero-order valence-electron chi connectivity index (χ0n) is 12.8. The van der Waals surface area contributed by atoms with Gasteiger partial charge < -0.3 is 14.7 Å². The van der Waals surface area contributed by atoms with Crippen LogP contribution in [0.15, 0.2) is 0 Å². The molecule has 1 aromatic rings. The van der Waals surface area contributed by atoms with Crippen LogP contribution in [0.2, 0.25) is 0 Å². The van der Waals surface area contributed by atoms with Crippen molar-refractivity contribution in [3.8, 4) is 0 Å². The van der Waals surface area contributed by atoms with E-state index in [1.165, 1.54) is 0 Å². The molecule has 1 aromatic heterocycles. The molecule has 1 atom stereocenters. The van der Waals surface area contributed by atoms with Crippen molar-refractivity contribution in [2.75, 3.05) is 25.7 Å². The fourth-order valence-electron chi connectivity index (χ4n) is 2.20. The zero-order valence-corrected chi connectivity index (χ0v) is 12.8. The van der Waals surface area contributed by atoms with E-state index in [0.29, 0.717) is 25.3 Å². The lowest BCUT2D eigenvalue weighted by molar-refractivity contribution is 0.0695. The minimum Gasteiger partial charge on any atom is -0.478 e.